The number of anilines is 3. The van der Waals surface area contributed by atoms with Gasteiger partial charge in [-0.1, -0.05) is 17.7 Å². The molecule has 5 nitrogen and oxygen atoms in total. The van der Waals surface area contributed by atoms with Crippen LogP contribution in [-0.4, -0.2) is 28.5 Å². The average Bonchev–Trinajstić information content (AvgIpc) is 2.63. The molecule has 0 saturated carbocycles. The lowest BCUT2D eigenvalue weighted by Crippen LogP contribution is -2.22. The van der Waals surface area contributed by atoms with E-state index in [2.05, 4.69) is 31.2 Å². The molecule has 0 aliphatic rings. The van der Waals surface area contributed by atoms with E-state index in [1.165, 1.54) is 5.56 Å². The van der Waals surface area contributed by atoms with Crippen molar-refractivity contribution in [2.75, 3.05) is 23.8 Å². The zero-order valence-corrected chi connectivity index (χ0v) is 16.9. The highest BCUT2D eigenvalue weighted by atomic mass is 35.5. The number of pyridine rings is 1. The van der Waals surface area contributed by atoms with Gasteiger partial charge in [-0.05, 0) is 62.1 Å². The van der Waals surface area contributed by atoms with Gasteiger partial charge in [0.1, 0.15) is 5.82 Å². The van der Waals surface area contributed by atoms with E-state index in [4.69, 9.17) is 11.6 Å². The molecule has 6 heteroatoms. The molecular formula is C21H24ClN5. The fourth-order valence-electron chi connectivity index (χ4n) is 2.95. The van der Waals surface area contributed by atoms with Crippen LogP contribution in [0.2, 0.25) is 5.02 Å². The van der Waals surface area contributed by atoms with E-state index in [1.807, 2.05) is 64.5 Å². The van der Waals surface area contributed by atoms with E-state index in [0.29, 0.717) is 11.0 Å². The van der Waals surface area contributed by atoms with Crippen LogP contribution in [0.5, 0.6) is 0 Å². The van der Waals surface area contributed by atoms with Crippen LogP contribution in [0, 0.1) is 20.8 Å². The molecule has 140 valence electrons. The van der Waals surface area contributed by atoms with Crippen molar-refractivity contribution in [1.82, 2.24) is 15.0 Å². The maximum absolute atomic E-state index is 6.41. The van der Waals surface area contributed by atoms with Gasteiger partial charge in [-0.15, -0.1) is 0 Å². The number of likely N-dealkylation sites (N-methyl/N-ethyl adjacent to an activating group) is 1. The number of rotatable bonds is 6. The molecule has 0 aliphatic carbocycles. The zero-order chi connectivity index (χ0) is 19.4. The van der Waals surface area contributed by atoms with Crippen molar-refractivity contribution in [3.05, 3.63) is 70.1 Å². The van der Waals surface area contributed by atoms with Crippen molar-refractivity contribution in [2.24, 2.45) is 0 Å². The van der Waals surface area contributed by atoms with Crippen LogP contribution in [0.3, 0.4) is 0 Å². The van der Waals surface area contributed by atoms with E-state index in [9.17, 15) is 0 Å². The molecule has 0 aliphatic heterocycles. The van der Waals surface area contributed by atoms with Gasteiger partial charge < -0.3 is 10.2 Å². The molecule has 0 bridgehead atoms. The van der Waals surface area contributed by atoms with Crippen molar-refractivity contribution >= 4 is 29.1 Å². The summed E-state index contributed by atoms with van der Waals surface area (Å²) >= 11 is 6.41. The van der Waals surface area contributed by atoms with Crippen LogP contribution in [0.4, 0.5) is 17.5 Å². The Balaban J connectivity index is 1.78. The highest BCUT2D eigenvalue weighted by Crippen LogP contribution is 2.29. The highest BCUT2D eigenvalue weighted by molar-refractivity contribution is 6.33. The maximum Gasteiger partial charge on any atom is 0.229 e. The molecule has 1 N–H and O–H groups in total. The Morgan fingerprint density at radius 3 is 2.48 bits per heavy atom. The Bertz CT molecular complexity index is 904. The molecule has 0 saturated heterocycles. The van der Waals surface area contributed by atoms with E-state index in [0.717, 1.165) is 41.3 Å². The highest BCUT2D eigenvalue weighted by Gasteiger charge is 2.11. The van der Waals surface area contributed by atoms with Gasteiger partial charge in [0, 0.05) is 37.7 Å². The largest absolute Gasteiger partial charge is 0.359 e. The summed E-state index contributed by atoms with van der Waals surface area (Å²) in [6, 6.07) is 10.1. The minimum atomic E-state index is 0.551. The molecule has 2 heterocycles. The SMILES string of the molecule is Cc1cc(C)c(Nc2nc(C)cc(N(C)CCc3ccncc3)n2)c(Cl)c1. The third kappa shape index (κ3) is 4.95. The molecular weight excluding hydrogens is 358 g/mol. The molecule has 0 unspecified atom stereocenters. The molecule has 0 amide bonds. The molecule has 0 fully saturated rings. The van der Waals surface area contributed by atoms with E-state index >= 15 is 0 Å². The second-order valence-electron chi connectivity index (χ2n) is 6.78. The number of benzene rings is 1. The minimum Gasteiger partial charge on any atom is -0.359 e. The van der Waals surface area contributed by atoms with Gasteiger partial charge in [-0.2, -0.15) is 4.98 Å². The predicted octanol–water partition coefficient (Wildman–Crippen LogP) is 4.87. The standard InChI is InChI=1S/C21H24ClN5/c1-14-11-15(2)20(18(22)12-14)26-21-24-16(3)13-19(25-21)27(4)10-7-17-5-8-23-9-6-17/h5-6,8-9,11-13H,7,10H2,1-4H3,(H,24,25,26). The van der Waals surface area contributed by atoms with Crippen LogP contribution in [0.25, 0.3) is 0 Å². The monoisotopic (exact) mass is 381 g/mol. The Morgan fingerprint density at radius 2 is 1.78 bits per heavy atom. The first-order valence-electron chi connectivity index (χ1n) is 8.92. The number of hydrogen-bond donors (Lipinski definition) is 1. The molecule has 2 aromatic heterocycles. The second kappa shape index (κ2) is 8.35. The van der Waals surface area contributed by atoms with Crippen molar-refractivity contribution in [3.63, 3.8) is 0 Å². The van der Waals surface area contributed by atoms with Gasteiger partial charge in [0.05, 0.1) is 10.7 Å². The summed E-state index contributed by atoms with van der Waals surface area (Å²) in [6.45, 7) is 6.88. The average molecular weight is 382 g/mol. The number of nitrogens with zero attached hydrogens (tertiary/aromatic N) is 4. The molecule has 3 rings (SSSR count). The lowest BCUT2D eigenvalue weighted by molar-refractivity contribution is 0.853. The van der Waals surface area contributed by atoms with Crippen LogP contribution in [-0.2, 0) is 6.42 Å². The number of hydrogen-bond acceptors (Lipinski definition) is 5. The summed E-state index contributed by atoms with van der Waals surface area (Å²) in [6.07, 6.45) is 4.56. The van der Waals surface area contributed by atoms with E-state index in [-0.39, 0.29) is 0 Å². The third-order valence-corrected chi connectivity index (χ3v) is 4.68. The summed E-state index contributed by atoms with van der Waals surface area (Å²) in [4.78, 5) is 15.4. The normalized spacial score (nSPS) is 10.7. The summed E-state index contributed by atoms with van der Waals surface area (Å²) in [5.74, 6) is 1.43. The quantitative estimate of drug-likeness (QED) is 0.659. The first-order valence-corrected chi connectivity index (χ1v) is 9.29. The fraction of sp³-hybridized carbons (Fsp3) is 0.286. The van der Waals surface area contributed by atoms with Gasteiger partial charge in [-0.25, -0.2) is 4.98 Å². The molecule has 27 heavy (non-hydrogen) atoms. The number of aryl methyl sites for hydroxylation is 3. The molecule has 3 aromatic rings. The van der Waals surface area contributed by atoms with E-state index in [1.54, 1.807) is 0 Å². The van der Waals surface area contributed by atoms with Crippen LogP contribution in [0.1, 0.15) is 22.4 Å². The van der Waals surface area contributed by atoms with Crippen molar-refractivity contribution in [1.29, 1.82) is 0 Å². The Hall–Kier alpha value is -2.66. The van der Waals surface area contributed by atoms with Crippen LogP contribution < -0.4 is 10.2 Å². The van der Waals surface area contributed by atoms with Gasteiger partial charge in [-0.3, -0.25) is 4.98 Å². The second-order valence-corrected chi connectivity index (χ2v) is 7.19. The number of aromatic nitrogens is 3. The number of nitrogens with one attached hydrogen (secondary N) is 1. The summed E-state index contributed by atoms with van der Waals surface area (Å²) in [7, 11) is 2.04. The predicted molar refractivity (Wildman–Crippen MR) is 112 cm³/mol. The van der Waals surface area contributed by atoms with Crippen molar-refractivity contribution in [2.45, 2.75) is 27.2 Å². The zero-order valence-electron chi connectivity index (χ0n) is 16.1. The maximum atomic E-state index is 6.41. The first kappa shape index (κ1) is 19.1. The molecule has 0 radical (unpaired) electrons. The lowest BCUT2D eigenvalue weighted by Gasteiger charge is -2.20. The topological polar surface area (TPSA) is 53.9 Å². The third-order valence-electron chi connectivity index (χ3n) is 4.39. The number of halogens is 1. The van der Waals surface area contributed by atoms with E-state index < -0.39 is 0 Å². The van der Waals surface area contributed by atoms with Crippen molar-refractivity contribution < 1.29 is 0 Å². The molecule has 1 aromatic carbocycles. The summed E-state index contributed by atoms with van der Waals surface area (Å²) in [5, 5.41) is 3.96. The van der Waals surface area contributed by atoms with Gasteiger partial charge in [0.15, 0.2) is 0 Å². The van der Waals surface area contributed by atoms with Crippen LogP contribution >= 0.6 is 11.6 Å². The van der Waals surface area contributed by atoms with Crippen molar-refractivity contribution in [3.8, 4) is 0 Å². The Kier molecular flexibility index (Phi) is 5.91. The summed E-state index contributed by atoms with van der Waals surface area (Å²) < 4.78 is 0. The fourth-order valence-corrected chi connectivity index (χ4v) is 3.32. The van der Waals surface area contributed by atoms with Gasteiger partial charge in [0.2, 0.25) is 5.95 Å². The Labute approximate surface area is 165 Å². The molecule has 0 atom stereocenters. The lowest BCUT2D eigenvalue weighted by atomic mass is 10.1. The first-order chi connectivity index (χ1) is 12.9. The summed E-state index contributed by atoms with van der Waals surface area (Å²) in [5.41, 5.74) is 5.20. The Morgan fingerprint density at radius 1 is 1.04 bits per heavy atom. The smallest absolute Gasteiger partial charge is 0.229 e. The molecule has 0 spiro atoms. The van der Waals surface area contributed by atoms with Gasteiger partial charge in [0.25, 0.3) is 0 Å². The van der Waals surface area contributed by atoms with Gasteiger partial charge >= 0.3 is 0 Å². The van der Waals surface area contributed by atoms with Crippen LogP contribution in [0.15, 0.2) is 42.7 Å². The minimum absolute atomic E-state index is 0.551.